The summed E-state index contributed by atoms with van der Waals surface area (Å²) in [6.07, 6.45) is 4.90. The van der Waals surface area contributed by atoms with Gasteiger partial charge in [0.25, 0.3) is 0 Å². The van der Waals surface area contributed by atoms with Gasteiger partial charge >= 0.3 is 0 Å². The van der Waals surface area contributed by atoms with E-state index in [-0.39, 0.29) is 5.41 Å². The second-order valence-corrected chi connectivity index (χ2v) is 7.71. The molecule has 1 aliphatic heterocycles. The molecule has 4 rings (SSSR count). The number of nitrogens with one attached hydrogen (secondary N) is 2. The van der Waals surface area contributed by atoms with Crippen molar-refractivity contribution < 1.29 is 14.2 Å². The first kappa shape index (κ1) is 20.3. The van der Waals surface area contributed by atoms with Gasteiger partial charge in [0.1, 0.15) is 11.6 Å². The summed E-state index contributed by atoms with van der Waals surface area (Å²) in [5, 5.41) is 3.49. The molecule has 1 aromatic heterocycles. The first-order valence-electron chi connectivity index (χ1n) is 10.3. The first-order valence-corrected chi connectivity index (χ1v) is 10.3. The average molecular weight is 408 g/mol. The van der Waals surface area contributed by atoms with Gasteiger partial charge < -0.3 is 24.5 Å². The van der Waals surface area contributed by atoms with Gasteiger partial charge in [0.15, 0.2) is 11.5 Å². The number of hydrogen-bond acceptors (Lipinski definition) is 5. The van der Waals surface area contributed by atoms with Gasteiger partial charge in [0, 0.05) is 22.9 Å². The van der Waals surface area contributed by atoms with Gasteiger partial charge in [-0.2, -0.15) is 0 Å². The molecule has 0 amide bonds. The smallest absolute Gasteiger partial charge is 0.171 e. The molecule has 3 aromatic rings. The molecule has 1 aliphatic rings. The number of aromatic amines is 1. The second-order valence-electron chi connectivity index (χ2n) is 7.71. The maximum atomic E-state index is 5.71. The van der Waals surface area contributed by atoms with E-state index in [2.05, 4.69) is 33.5 Å². The number of rotatable bonds is 7. The lowest BCUT2D eigenvalue weighted by Gasteiger charge is -2.38. The molecule has 0 radical (unpaired) electrons. The number of H-pyrrole nitrogens is 1. The second kappa shape index (κ2) is 8.79. The van der Waals surface area contributed by atoms with Crippen LogP contribution in [0, 0.1) is 0 Å². The van der Waals surface area contributed by atoms with E-state index in [9.17, 15) is 0 Å². The number of aromatic nitrogens is 2. The van der Waals surface area contributed by atoms with E-state index in [0.29, 0.717) is 11.5 Å². The van der Waals surface area contributed by atoms with E-state index in [0.717, 1.165) is 55.2 Å². The molecule has 2 N–H and O–H groups in total. The lowest BCUT2D eigenvalue weighted by molar-refractivity contribution is 0.289. The van der Waals surface area contributed by atoms with Crippen molar-refractivity contribution in [1.29, 1.82) is 0 Å². The highest BCUT2D eigenvalue weighted by Crippen LogP contribution is 2.42. The maximum absolute atomic E-state index is 5.71. The summed E-state index contributed by atoms with van der Waals surface area (Å²) >= 11 is 0. The molecular weight excluding hydrogens is 378 g/mol. The van der Waals surface area contributed by atoms with Crippen LogP contribution in [-0.4, -0.2) is 44.4 Å². The Bertz CT molecular complexity index is 993. The molecule has 6 heteroatoms. The van der Waals surface area contributed by atoms with E-state index in [1.165, 1.54) is 5.56 Å². The molecule has 2 aromatic carbocycles. The van der Waals surface area contributed by atoms with Gasteiger partial charge in [-0.15, -0.1) is 0 Å². The minimum Gasteiger partial charge on any atom is -0.496 e. The number of hydrogen-bond donors (Lipinski definition) is 2. The predicted molar refractivity (Wildman–Crippen MR) is 118 cm³/mol. The van der Waals surface area contributed by atoms with Crippen molar-refractivity contribution in [3.05, 3.63) is 59.9 Å². The van der Waals surface area contributed by atoms with Crippen molar-refractivity contribution in [2.45, 2.75) is 24.7 Å². The molecule has 6 nitrogen and oxygen atoms in total. The van der Waals surface area contributed by atoms with Crippen LogP contribution in [0.5, 0.6) is 17.2 Å². The number of piperidine rings is 1. The Morgan fingerprint density at radius 1 is 0.900 bits per heavy atom. The van der Waals surface area contributed by atoms with Crippen LogP contribution >= 0.6 is 0 Å². The molecule has 2 heterocycles. The minimum absolute atomic E-state index is 0.000120. The standard InChI is InChI=1S/C24H29N3O3/c1-28-20-9-5-4-8-19(20)24(11-13-25-14-12-24)15-17-16-26-23(27-17)18-7-6-10-21(29-2)22(18)30-3/h4-10,16,25H,11-15H2,1-3H3,(H,26,27). The van der Waals surface area contributed by atoms with Crippen LogP contribution in [0.2, 0.25) is 0 Å². The fourth-order valence-corrected chi connectivity index (χ4v) is 4.55. The van der Waals surface area contributed by atoms with Crippen molar-refractivity contribution in [2.75, 3.05) is 34.4 Å². The SMILES string of the molecule is COc1ccccc1C1(Cc2cnc(-c3cccc(OC)c3OC)[nH]2)CCNCC1. The third kappa shape index (κ3) is 3.75. The van der Waals surface area contributed by atoms with E-state index in [1.54, 1.807) is 21.3 Å². The number of methoxy groups -OCH3 is 3. The number of ether oxygens (including phenoxy) is 3. The highest BCUT2D eigenvalue weighted by atomic mass is 16.5. The summed E-state index contributed by atoms with van der Waals surface area (Å²) in [4.78, 5) is 8.19. The number of para-hydroxylation sites is 2. The van der Waals surface area contributed by atoms with Gasteiger partial charge in [-0.05, 0) is 50.6 Å². The van der Waals surface area contributed by atoms with Crippen molar-refractivity contribution in [2.24, 2.45) is 0 Å². The lowest BCUT2D eigenvalue weighted by atomic mass is 9.70. The predicted octanol–water partition coefficient (Wildman–Crippen LogP) is 3.97. The molecule has 0 atom stereocenters. The van der Waals surface area contributed by atoms with Gasteiger partial charge in [0.2, 0.25) is 0 Å². The quantitative estimate of drug-likeness (QED) is 0.620. The summed E-state index contributed by atoms with van der Waals surface area (Å²) in [6, 6.07) is 14.2. The third-order valence-corrected chi connectivity index (χ3v) is 6.05. The zero-order chi connectivity index (χ0) is 21.0. The molecule has 0 bridgehead atoms. The molecule has 30 heavy (non-hydrogen) atoms. The first-order chi connectivity index (χ1) is 14.7. The minimum atomic E-state index is 0.000120. The van der Waals surface area contributed by atoms with Crippen molar-refractivity contribution >= 4 is 0 Å². The van der Waals surface area contributed by atoms with E-state index in [4.69, 9.17) is 14.2 Å². The van der Waals surface area contributed by atoms with E-state index >= 15 is 0 Å². The Morgan fingerprint density at radius 2 is 1.63 bits per heavy atom. The summed E-state index contributed by atoms with van der Waals surface area (Å²) in [6.45, 7) is 1.98. The van der Waals surface area contributed by atoms with Gasteiger partial charge in [-0.3, -0.25) is 0 Å². The van der Waals surface area contributed by atoms with Crippen LogP contribution in [-0.2, 0) is 11.8 Å². The zero-order valence-electron chi connectivity index (χ0n) is 17.8. The topological polar surface area (TPSA) is 68.4 Å². The Labute approximate surface area is 177 Å². The molecule has 0 saturated carbocycles. The van der Waals surface area contributed by atoms with Gasteiger partial charge in [0.05, 0.1) is 26.9 Å². The maximum Gasteiger partial charge on any atom is 0.171 e. The number of imidazole rings is 1. The molecule has 0 unspecified atom stereocenters. The molecule has 1 saturated heterocycles. The Hall–Kier alpha value is -2.99. The Kier molecular flexibility index (Phi) is 5.95. The van der Waals surface area contributed by atoms with E-state index < -0.39 is 0 Å². The normalized spacial score (nSPS) is 15.6. The van der Waals surface area contributed by atoms with Crippen LogP contribution in [0.15, 0.2) is 48.7 Å². The Morgan fingerprint density at radius 3 is 2.37 bits per heavy atom. The zero-order valence-corrected chi connectivity index (χ0v) is 17.8. The average Bonchev–Trinajstić information content (AvgIpc) is 3.27. The highest BCUT2D eigenvalue weighted by Gasteiger charge is 2.37. The lowest BCUT2D eigenvalue weighted by Crippen LogP contribution is -2.41. The molecule has 0 aliphatic carbocycles. The molecular formula is C24H29N3O3. The number of nitrogens with zero attached hydrogens (tertiary/aromatic N) is 1. The van der Waals surface area contributed by atoms with Gasteiger partial charge in [-0.25, -0.2) is 4.98 Å². The fraction of sp³-hybridized carbons (Fsp3) is 0.375. The molecule has 0 spiro atoms. The summed E-state index contributed by atoms with van der Waals surface area (Å²) in [5.74, 6) is 3.11. The Balaban J connectivity index is 1.69. The van der Waals surface area contributed by atoms with Gasteiger partial charge in [-0.1, -0.05) is 24.3 Å². The van der Waals surface area contributed by atoms with Crippen molar-refractivity contribution in [3.8, 4) is 28.6 Å². The van der Waals surface area contributed by atoms with Crippen LogP contribution in [0.1, 0.15) is 24.1 Å². The van der Waals surface area contributed by atoms with Crippen LogP contribution in [0.3, 0.4) is 0 Å². The highest BCUT2D eigenvalue weighted by molar-refractivity contribution is 5.69. The fourth-order valence-electron chi connectivity index (χ4n) is 4.55. The monoisotopic (exact) mass is 407 g/mol. The van der Waals surface area contributed by atoms with Crippen molar-refractivity contribution in [1.82, 2.24) is 15.3 Å². The molecule has 1 fully saturated rings. The van der Waals surface area contributed by atoms with Crippen molar-refractivity contribution in [3.63, 3.8) is 0 Å². The largest absolute Gasteiger partial charge is 0.496 e. The number of benzene rings is 2. The summed E-state index contributed by atoms with van der Waals surface area (Å²) in [7, 11) is 5.04. The van der Waals surface area contributed by atoms with E-state index in [1.807, 2.05) is 30.5 Å². The summed E-state index contributed by atoms with van der Waals surface area (Å²) < 4.78 is 16.7. The van der Waals surface area contributed by atoms with Crippen LogP contribution in [0.4, 0.5) is 0 Å². The van der Waals surface area contributed by atoms with Crippen LogP contribution in [0.25, 0.3) is 11.4 Å². The van der Waals surface area contributed by atoms with Crippen LogP contribution < -0.4 is 19.5 Å². The molecule has 158 valence electrons. The summed E-state index contributed by atoms with van der Waals surface area (Å²) in [5.41, 5.74) is 3.26. The third-order valence-electron chi connectivity index (χ3n) is 6.05.